The molecule has 2 aromatic rings. The molecule has 3 heterocycles. The van der Waals surface area contributed by atoms with Gasteiger partial charge in [-0.05, 0) is 83.3 Å². The average Bonchev–Trinajstić information content (AvgIpc) is 4.03. The lowest BCUT2D eigenvalue weighted by molar-refractivity contribution is -0.222. The Hall–Kier alpha value is -4.68. The normalized spacial score (nSPS) is 29.5. The maximum atomic E-state index is 15.1. The van der Waals surface area contributed by atoms with Gasteiger partial charge >= 0.3 is 12.3 Å². The van der Waals surface area contributed by atoms with Crippen LogP contribution in [0, 0.1) is 17.8 Å². The van der Waals surface area contributed by atoms with Crippen LogP contribution in [0.2, 0.25) is 0 Å². The number of nitrogens with one attached hydrogen (secondary N) is 2. The van der Waals surface area contributed by atoms with Crippen molar-refractivity contribution >= 4 is 44.7 Å². The molecule has 0 radical (unpaired) electrons. The van der Waals surface area contributed by atoms with E-state index >= 15 is 4.79 Å². The van der Waals surface area contributed by atoms with Crippen LogP contribution in [0.3, 0.4) is 0 Å². The van der Waals surface area contributed by atoms with E-state index in [0.717, 1.165) is 4.90 Å². The van der Waals surface area contributed by atoms with Gasteiger partial charge in [0.25, 0.3) is 5.91 Å². The number of methoxy groups -OCH3 is 1. The van der Waals surface area contributed by atoms with Crippen molar-refractivity contribution in [2.45, 2.75) is 126 Å². The first-order valence-corrected chi connectivity index (χ1v) is 21.0. The predicted molar refractivity (Wildman–Crippen MR) is 204 cm³/mol. The SMILES string of the molecule is CC[C@@H]1C[C@H](C)CC/C=C\[C@@H]2C[C@@]2(C(=O)NS(=O)(=O)C2(C)CC2)NC(=O)[C@@H]2C[C@@H](Oc3cnnc4cc(OC)ccc34)CN2C(=O)[C@H]1N(C(=O)O)C(C)(C)C(F)(F)F. The standard InChI is InChI=1S/C39H51F3N6O9S/c1-7-23-16-22(2)10-8-9-11-24-19-38(24,34(51)46-58(54,55)37(5)14-15-37)44-32(49)29-18-26(57-30-20-43-45-28-17-25(56-6)12-13-27(28)30)21-47(29)33(50)31(23)48(35(52)53)36(3,4)39(40,41)42/h9,11-13,17,20,22-24,26,29,31H,7-8,10,14-16,18-19,21H2,1-6H3,(H,44,49)(H,46,51)(H,52,53)/b11-9-/t22-,23-,24-,26-,29+,31+,38-/m1/s1. The van der Waals surface area contributed by atoms with Gasteiger partial charge in [0.2, 0.25) is 21.8 Å². The number of benzene rings is 1. The maximum Gasteiger partial charge on any atom is 0.411 e. The molecule has 6 rings (SSSR count). The Balaban J connectivity index is 1.44. The highest BCUT2D eigenvalue weighted by atomic mass is 32.2. The van der Waals surface area contributed by atoms with Crippen molar-refractivity contribution in [1.29, 1.82) is 0 Å². The van der Waals surface area contributed by atoms with E-state index in [2.05, 4.69) is 20.2 Å². The van der Waals surface area contributed by atoms with Crippen LogP contribution >= 0.6 is 0 Å². The molecular weight excluding hydrogens is 786 g/mol. The number of hydrogen-bond acceptors (Lipinski definition) is 10. The third-order valence-electron chi connectivity index (χ3n) is 12.5. The van der Waals surface area contributed by atoms with Crippen molar-refractivity contribution in [3.8, 4) is 11.5 Å². The van der Waals surface area contributed by atoms with Crippen LogP contribution in [0.1, 0.15) is 86.0 Å². The summed E-state index contributed by atoms with van der Waals surface area (Å²) in [7, 11) is -2.64. The number of carbonyl (C=O) groups is 4. The average molecular weight is 837 g/mol. The van der Waals surface area contributed by atoms with E-state index in [0.29, 0.717) is 56.2 Å². The lowest BCUT2D eigenvalue weighted by Gasteiger charge is -2.46. The number of fused-ring (bicyclic) bond motifs is 3. The molecule has 2 aliphatic carbocycles. The third-order valence-corrected chi connectivity index (χ3v) is 14.6. The molecule has 3 fully saturated rings. The van der Waals surface area contributed by atoms with Crippen LogP contribution in [0.5, 0.6) is 11.5 Å². The summed E-state index contributed by atoms with van der Waals surface area (Å²) in [5, 5.41) is 21.9. The fourth-order valence-corrected chi connectivity index (χ4v) is 9.50. The fourth-order valence-electron chi connectivity index (χ4n) is 8.19. The topological polar surface area (TPSA) is 197 Å². The van der Waals surface area contributed by atoms with E-state index in [4.69, 9.17) is 9.47 Å². The predicted octanol–water partition coefficient (Wildman–Crippen LogP) is 4.95. The number of nitrogens with zero attached hydrogens (tertiary/aromatic N) is 4. The number of halogens is 3. The molecule has 58 heavy (non-hydrogen) atoms. The summed E-state index contributed by atoms with van der Waals surface area (Å²) in [5.74, 6) is -3.83. The summed E-state index contributed by atoms with van der Waals surface area (Å²) < 4.78 is 83.4. The van der Waals surface area contributed by atoms with E-state index in [1.165, 1.54) is 20.2 Å². The number of hydrogen-bond donors (Lipinski definition) is 3. The molecule has 0 bridgehead atoms. The zero-order chi connectivity index (χ0) is 42.6. The molecule has 15 nitrogen and oxygen atoms in total. The number of allylic oxidation sites excluding steroid dienone is 1. The third kappa shape index (κ3) is 8.02. The van der Waals surface area contributed by atoms with Crippen molar-refractivity contribution in [2.24, 2.45) is 17.8 Å². The second kappa shape index (κ2) is 15.5. The van der Waals surface area contributed by atoms with Crippen molar-refractivity contribution < 1.29 is 55.3 Å². The van der Waals surface area contributed by atoms with Crippen molar-refractivity contribution in [1.82, 2.24) is 30.0 Å². The molecule has 2 aliphatic heterocycles. The Morgan fingerprint density at radius 2 is 1.88 bits per heavy atom. The number of sulfonamides is 1. The highest BCUT2D eigenvalue weighted by Gasteiger charge is 2.64. The van der Waals surface area contributed by atoms with Gasteiger partial charge in [-0.2, -0.15) is 23.4 Å². The lowest BCUT2D eigenvalue weighted by Crippen LogP contribution is -2.66. The number of rotatable bonds is 9. The molecule has 2 saturated carbocycles. The number of alkyl halides is 3. The zero-order valence-corrected chi connectivity index (χ0v) is 34.2. The van der Waals surface area contributed by atoms with Gasteiger partial charge in [-0.15, -0.1) is 0 Å². The van der Waals surface area contributed by atoms with Crippen LogP contribution < -0.4 is 19.5 Å². The van der Waals surface area contributed by atoms with Gasteiger partial charge in [0.05, 0.1) is 24.6 Å². The molecule has 4 aliphatic rings. The lowest BCUT2D eigenvalue weighted by atomic mass is 9.82. The van der Waals surface area contributed by atoms with Crippen molar-refractivity contribution in [2.75, 3.05) is 13.7 Å². The summed E-state index contributed by atoms with van der Waals surface area (Å²) in [5.41, 5.74) is -4.35. The Bertz CT molecular complexity index is 2100. The molecular formula is C39H51F3N6O9S. The molecule has 1 saturated heterocycles. The first-order chi connectivity index (χ1) is 27.1. The van der Waals surface area contributed by atoms with Gasteiger partial charge in [0.1, 0.15) is 46.3 Å². The van der Waals surface area contributed by atoms with Crippen LogP contribution in [-0.4, -0.2) is 111 Å². The highest BCUT2D eigenvalue weighted by Crippen LogP contribution is 2.48. The van der Waals surface area contributed by atoms with Crippen LogP contribution in [0.25, 0.3) is 10.9 Å². The fraction of sp³-hybridized carbons (Fsp3) is 0.641. The first-order valence-electron chi connectivity index (χ1n) is 19.5. The minimum Gasteiger partial charge on any atom is -0.497 e. The Morgan fingerprint density at radius 1 is 1.17 bits per heavy atom. The Labute approximate surface area is 335 Å². The van der Waals surface area contributed by atoms with E-state index in [9.17, 15) is 41.1 Å². The van der Waals surface area contributed by atoms with Crippen LogP contribution in [0.15, 0.2) is 36.5 Å². The minimum atomic E-state index is -5.10. The molecule has 1 aromatic carbocycles. The quantitative estimate of drug-likeness (QED) is 0.289. The minimum absolute atomic E-state index is 0.0503. The highest BCUT2D eigenvalue weighted by molar-refractivity contribution is 7.91. The largest absolute Gasteiger partial charge is 0.497 e. The molecule has 3 N–H and O–H groups in total. The number of carboxylic acid groups (broad SMARTS) is 1. The number of aromatic nitrogens is 2. The molecule has 19 heteroatoms. The number of amides is 4. The summed E-state index contributed by atoms with van der Waals surface area (Å²) >= 11 is 0. The number of ether oxygens (including phenoxy) is 2. The van der Waals surface area contributed by atoms with Gasteiger partial charge in [0.15, 0.2) is 0 Å². The molecule has 0 spiro atoms. The molecule has 4 amide bonds. The Morgan fingerprint density at radius 3 is 2.50 bits per heavy atom. The number of carbonyl (C=O) groups excluding carboxylic acids is 3. The Kier molecular flexibility index (Phi) is 11.5. The monoisotopic (exact) mass is 836 g/mol. The van der Waals surface area contributed by atoms with Gasteiger partial charge in [-0.3, -0.25) is 24.0 Å². The first kappa shape index (κ1) is 42.9. The maximum absolute atomic E-state index is 15.1. The second-order valence-corrected chi connectivity index (χ2v) is 19.1. The van der Waals surface area contributed by atoms with Gasteiger partial charge in [-0.1, -0.05) is 32.4 Å². The summed E-state index contributed by atoms with van der Waals surface area (Å²) in [6.07, 6.45) is -1.31. The summed E-state index contributed by atoms with van der Waals surface area (Å²) in [6.45, 7) is 6.11. The van der Waals surface area contributed by atoms with E-state index in [-0.39, 0.29) is 48.8 Å². The van der Waals surface area contributed by atoms with E-state index < -0.39 is 85.9 Å². The van der Waals surface area contributed by atoms with Crippen LogP contribution in [-0.2, 0) is 24.4 Å². The molecule has 318 valence electrons. The van der Waals surface area contributed by atoms with Gasteiger partial charge < -0.3 is 24.8 Å². The molecule has 0 unspecified atom stereocenters. The van der Waals surface area contributed by atoms with Gasteiger partial charge in [-0.25, -0.2) is 13.2 Å². The second-order valence-electron chi connectivity index (χ2n) is 16.9. The smallest absolute Gasteiger partial charge is 0.411 e. The van der Waals surface area contributed by atoms with Crippen molar-refractivity contribution in [3.05, 3.63) is 36.5 Å². The van der Waals surface area contributed by atoms with E-state index in [1.807, 2.05) is 13.0 Å². The van der Waals surface area contributed by atoms with Gasteiger partial charge in [0, 0.05) is 23.8 Å². The van der Waals surface area contributed by atoms with E-state index in [1.54, 1.807) is 31.2 Å². The summed E-state index contributed by atoms with van der Waals surface area (Å²) in [6, 6.07) is 1.61. The zero-order valence-electron chi connectivity index (χ0n) is 33.3. The summed E-state index contributed by atoms with van der Waals surface area (Å²) in [4.78, 5) is 57.9. The molecule has 1 aromatic heterocycles. The van der Waals surface area contributed by atoms with Crippen LogP contribution in [0.4, 0.5) is 18.0 Å². The van der Waals surface area contributed by atoms with Crippen molar-refractivity contribution in [3.63, 3.8) is 0 Å². The molecule has 7 atom stereocenters.